The van der Waals surface area contributed by atoms with E-state index in [1.54, 1.807) is 14.0 Å². The molecule has 182 valence electrons. The van der Waals surface area contributed by atoms with Crippen LogP contribution in [0, 0.1) is 13.8 Å². The van der Waals surface area contributed by atoms with Crippen molar-refractivity contribution >= 4 is 38.8 Å². The Morgan fingerprint density at radius 2 is 1.68 bits per heavy atom. The Balaban J connectivity index is 0.000000970. The fraction of sp³-hybridized carbons (Fsp3) is 0.304. The molecule has 0 saturated carbocycles. The molecule has 0 aliphatic rings. The molecule has 11 heteroatoms. The van der Waals surface area contributed by atoms with Gasteiger partial charge in [-0.25, -0.2) is 22.6 Å². The number of aryl methyl sites for hydroxylation is 3. The molecule has 0 atom stereocenters. The Labute approximate surface area is 203 Å². The zero-order valence-electron chi connectivity index (χ0n) is 20.4. The van der Waals surface area contributed by atoms with Crippen LogP contribution >= 0.6 is 11.3 Å². The fourth-order valence-corrected chi connectivity index (χ4v) is 4.42. The molecule has 0 saturated heterocycles. The molecule has 0 unspecified atom stereocenters. The predicted octanol–water partition coefficient (Wildman–Crippen LogP) is 4.63. The van der Waals surface area contributed by atoms with Gasteiger partial charge in [-0.1, -0.05) is 68.9 Å². The lowest BCUT2D eigenvalue weighted by atomic mass is 10.2. The molecule has 0 spiro atoms. The summed E-state index contributed by atoms with van der Waals surface area (Å²) >= 11 is 1.29. The van der Waals surface area contributed by atoms with Crippen molar-refractivity contribution in [2.75, 3.05) is 4.72 Å². The Kier molecular flexibility index (Phi) is 9.28. The van der Waals surface area contributed by atoms with Crippen LogP contribution in [0.25, 0.3) is 22.3 Å². The highest BCUT2D eigenvalue weighted by atomic mass is 32.2. The van der Waals surface area contributed by atoms with E-state index in [1.165, 1.54) is 39.0 Å². The van der Waals surface area contributed by atoms with Crippen LogP contribution < -0.4 is 10.3 Å². The molecule has 1 aromatic carbocycles. The molecule has 3 aromatic heterocycles. The van der Waals surface area contributed by atoms with Gasteiger partial charge in [0.25, 0.3) is 15.6 Å². The normalized spacial score (nSPS) is 11.0. The zero-order chi connectivity index (χ0) is 25.5. The van der Waals surface area contributed by atoms with Crippen LogP contribution in [0.1, 0.15) is 43.8 Å². The van der Waals surface area contributed by atoms with Gasteiger partial charge in [-0.05, 0) is 25.5 Å². The molecule has 1 N–H and O–H groups in total. The van der Waals surface area contributed by atoms with Crippen molar-refractivity contribution in [2.24, 2.45) is 7.05 Å². The molecule has 0 amide bonds. The van der Waals surface area contributed by atoms with E-state index in [0.29, 0.717) is 16.2 Å². The van der Waals surface area contributed by atoms with E-state index in [2.05, 4.69) is 19.9 Å². The van der Waals surface area contributed by atoms with Gasteiger partial charge in [0.2, 0.25) is 0 Å². The third-order valence-electron chi connectivity index (χ3n) is 4.38. The van der Waals surface area contributed by atoms with Gasteiger partial charge in [-0.2, -0.15) is 0 Å². The zero-order valence-corrected chi connectivity index (χ0v) is 22.0. The van der Waals surface area contributed by atoms with E-state index >= 15 is 0 Å². The van der Waals surface area contributed by atoms with Crippen molar-refractivity contribution in [3.05, 3.63) is 68.6 Å². The first-order valence-corrected chi connectivity index (χ1v) is 13.3. The van der Waals surface area contributed by atoms with E-state index < -0.39 is 10.0 Å². The van der Waals surface area contributed by atoms with Crippen molar-refractivity contribution in [3.63, 3.8) is 0 Å². The average Bonchev–Trinajstić information content (AvgIpc) is 3.36. The molecular weight excluding hydrogens is 472 g/mol. The summed E-state index contributed by atoms with van der Waals surface area (Å²) in [5, 5.41) is 10.3. The highest BCUT2D eigenvalue weighted by Crippen LogP contribution is 2.24. The second-order valence-electron chi connectivity index (χ2n) is 6.70. The van der Waals surface area contributed by atoms with Gasteiger partial charge in [0.15, 0.2) is 10.7 Å². The summed E-state index contributed by atoms with van der Waals surface area (Å²) in [5.74, 6) is 0. The first-order valence-electron chi connectivity index (χ1n) is 10.9. The molecule has 0 bridgehead atoms. The van der Waals surface area contributed by atoms with E-state index in [0.717, 1.165) is 21.5 Å². The maximum atomic E-state index is 12.7. The maximum absolute atomic E-state index is 12.7. The van der Waals surface area contributed by atoms with Crippen LogP contribution in [0.5, 0.6) is 0 Å². The molecule has 4 rings (SSSR count). The monoisotopic (exact) mass is 502 g/mol. The summed E-state index contributed by atoms with van der Waals surface area (Å²) in [6.45, 7) is 11.8. The molecule has 9 nitrogen and oxygen atoms in total. The SMILES string of the molecule is CC.CC.Cc1ccc(/C=C/S(=O)(=O)Nc2cnc3c(-c4nnc(C)s4)c(=O)n(C)n3c2)cc1. The van der Waals surface area contributed by atoms with Crippen molar-refractivity contribution in [1.82, 2.24) is 24.4 Å². The summed E-state index contributed by atoms with van der Waals surface area (Å²) < 4.78 is 30.2. The van der Waals surface area contributed by atoms with Crippen molar-refractivity contribution in [1.29, 1.82) is 0 Å². The van der Waals surface area contributed by atoms with Crippen LogP contribution in [0.3, 0.4) is 0 Å². The topological polar surface area (TPSA) is 111 Å². The quantitative estimate of drug-likeness (QED) is 0.426. The fourth-order valence-electron chi connectivity index (χ4n) is 2.86. The molecule has 4 aromatic rings. The van der Waals surface area contributed by atoms with E-state index in [1.807, 2.05) is 58.9 Å². The van der Waals surface area contributed by atoms with Gasteiger partial charge in [0.05, 0.1) is 23.5 Å². The Morgan fingerprint density at radius 3 is 2.26 bits per heavy atom. The van der Waals surface area contributed by atoms with Crippen LogP contribution in [0.4, 0.5) is 5.69 Å². The average molecular weight is 503 g/mol. The summed E-state index contributed by atoms with van der Waals surface area (Å²) in [4.78, 5) is 17.0. The smallest absolute Gasteiger partial charge is 0.277 e. The number of anilines is 1. The highest BCUT2D eigenvalue weighted by Gasteiger charge is 2.20. The van der Waals surface area contributed by atoms with Gasteiger partial charge in [-0.3, -0.25) is 9.52 Å². The van der Waals surface area contributed by atoms with Crippen molar-refractivity contribution < 1.29 is 8.42 Å². The Hall–Kier alpha value is -3.31. The molecule has 0 fully saturated rings. The first kappa shape index (κ1) is 26.9. The summed E-state index contributed by atoms with van der Waals surface area (Å²) in [7, 11) is -2.19. The summed E-state index contributed by atoms with van der Waals surface area (Å²) in [5.41, 5.74) is 2.49. The lowest BCUT2D eigenvalue weighted by Gasteiger charge is -2.06. The largest absolute Gasteiger partial charge is 0.279 e. The number of hydrogen-bond acceptors (Lipinski definition) is 7. The van der Waals surface area contributed by atoms with Crippen LogP contribution in [-0.2, 0) is 17.1 Å². The minimum absolute atomic E-state index is 0.224. The van der Waals surface area contributed by atoms with Gasteiger partial charge >= 0.3 is 0 Å². The molecule has 34 heavy (non-hydrogen) atoms. The third kappa shape index (κ3) is 6.17. The molecule has 3 heterocycles. The number of fused-ring (bicyclic) bond motifs is 1. The number of hydrogen-bond donors (Lipinski definition) is 1. The Morgan fingerprint density at radius 1 is 1.03 bits per heavy atom. The highest BCUT2D eigenvalue weighted by molar-refractivity contribution is 7.95. The molecule has 0 radical (unpaired) electrons. The number of benzene rings is 1. The van der Waals surface area contributed by atoms with Crippen molar-refractivity contribution in [3.8, 4) is 10.6 Å². The summed E-state index contributed by atoms with van der Waals surface area (Å²) in [6, 6.07) is 7.48. The molecule has 0 aliphatic heterocycles. The van der Waals surface area contributed by atoms with Crippen LogP contribution in [0.2, 0.25) is 0 Å². The molecule has 0 aliphatic carbocycles. The standard InChI is InChI=1S/C19H18N6O3S2.2C2H6/c1-12-4-6-14(7-5-12)8-9-30(27,28)23-15-10-20-17-16(18-22-21-13(2)29-18)19(26)24(3)25(17)11-15;2*1-2/h4-11,23H,1-3H3;2*1-2H3/b9-8+;;. The van der Waals surface area contributed by atoms with Gasteiger partial charge in [0.1, 0.15) is 10.6 Å². The lowest BCUT2D eigenvalue weighted by Crippen LogP contribution is -2.16. The lowest BCUT2D eigenvalue weighted by molar-refractivity contribution is 0.609. The van der Waals surface area contributed by atoms with Gasteiger partial charge in [0, 0.05) is 7.05 Å². The van der Waals surface area contributed by atoms with Crippen LogP contribution in [0.15, 0.2) is 46.9 Å². The minimum Gasteiger partial charge on any atom is -0.277 e. The number of sulfonamides is 1. The third-order valence-corrected chi connectivity index (χ3v) is 6.25. The predicted molar refractivity (Wildman–Crippen MR) is 140 cm³/mol. The Bertz CT molecular complexity index is 1430. The number of nitrogens with one attached hydrogen (secondary N) is 1. The van der Waals surface area contributed by atoms with E-state index in [4.69, 9.17) is 0 Å². The second-order valence-corrected chi connectivity index (χ2v) is 9.45. The van der Waals surface area contributed by atoms with Gasteiger partial charge < -0.3 is 0 Å². The maximum Gasteiger partial charge on any atom is 0.279 e. The van der Waals surface area contributed by atoms with Crippen LogP contribution in [-0.4, -0.2) is 32.8 Å². The number of aromatic nitrogens is 5. The van der Waals surface area contributed by atoms with Crippen molar-refractivity contribution in [2.45, 2.75) is 41.5 Å². The molecular formula is C23H30N6O3S2. The first-order chi connectivity index (χ1) is 16.2. The van der Waals surface area contributed by atoms with E-state index in [-0.39, 0.29) is 11.2 Å². The van der Waals surface area contributed by atoms with Gasteiger partial charge in [-0.15, -0.1) is 10.2 Å². The minimum atomic E-state index is -3.77. The number of nitrogens with zero attached hydrogens (tertiary/aromatic N) is 5. The number of rotatable bonds is 5. The summed E-state index contributed by atoms with van der Waals surface area (Å²) in [6.07, 6.45) is 4.37. The van der Waals surface area contributed by atoms with E-state index in [9.17, 15) is 13.2 Å². The second kappa shape index (κ2) is 11.7.